The fourth-order valence-corrected chi connectivity index (χ4v) is 2.38. The largest absolute Gasteiger partial charge is 0.437 e. The smallest absolute Gasteiger partial charge is 0.297 e. The van der Waals surface area contributed by atoms with E-state index in [-0.39, 0.29) is 21.5 Å². The maximum atomic E-state index is 11.8. The Kier molecular flexibility index (Phi) is 8.73. The third-order valence-electron chi connectivity index (χ3n) is 3.39. The summed E-state index contributed by atoms with van der Waals surface area (Å²) in [5.74, 6) is 0. The minimum atomic E-state index is -0.862. The first-order valence-corrected chi connectivity index (χ1v) is 9.62. The Balaban J connectivity index is 1.87. The molecule has 0 aliphatic heterocycles. The van der Waals surface area contributed by atoms with Crippen LogP contribution in [0.5, 0.6) is 0 Å². The number of halogens is 4. The van der Waals surface area contributed by atoms with Gasteiger partial charge in [0.25, 0.3) is 0 Å². The van der Waals surface area contributed by atoms with E-state index in [1.807, 2.05) is 0 Å². The van der Waals surface area contributed by atoms with E-state index < -0.39 is 12.2 Å². The summed E-state index contributed by atoms with van der Waals surface area (Å²) in [6.07, 6.45) is -1.72. The molecule has 158 valence electrons. The Bertz CT molecular complexity index is 946. The molecule has 0 aliphatic rings. The zero-order valence-electron chi connectivity index (χ0n) is 15.5. The van der Waals surface area contributed by atoms with Crippen molar-refractivity contribution in [2.45, 2.75) is 13.8 Å². The predicted molar refractivity (Wildman–Crippen MR) is 119 cm³/mol. The van der Waals surface area contributed by atoms with Crippen LogP contribution in [0.2, 0.25) is 20.1 Å². The average Bonchev–Trinajstić information content (AvgIpc) is 2.70. The Morgan fingerprint density at radius 2 is 1.07 bits per heavy atom. The van der Waals surface area contributed by atoms with E-state index in [0.29, 0.717) is 21.4 Å². The molecule has 8 nitrogen and oxygen atoms in total. The van der Waals surface area contributed by atoms with Gasteiger partial charge in [-0.15, -0.1) is 0 Å². The van der Waals surface area contributed by atoms with Gasteiger partial charge in [-0.3, -0.25) is 20.3 Å². The van der Waals surface area contributed by atoms with Crippen molar-refractivity contribution in [2.24, 2.45) is 10.3 Å². The molecule has 0 saturated heterocycles. The minimum absolute atomic E-state index is 0.196. The molecule has 2 aromatic rings. The van der Waals surface area contributed by atoms with Gasteiger partial charge in [0.1, 0.15) is 11.4 Å². The van der Waals surface area contributed by atoms with Gasteiger partial charge in [0.15, 0.2) is 0 Å². The molecule has 0 saturated carbocycles. The lowest BCUT2D eigenvalue weighted by Crippen LogP contribution is -2.16. The van der Waals surface area contributed by atoms with Crippen LogP contribution >= 0.6 is 46.4 Å². The van der Waals surface area contributed by atoms with Crippen molar-refractivity contribution in [1.82, 2.24) is 0 Å². The SMILES string of the molecule is CC(=N\OC(=O)Nc1ccc(Cl)c(Cl)c1)/C(C)=N/OC(=O)Nc1ccc(Cl)c(Cl)c1. The highest BCUT2D eigenvalue weighted by Crippen LogP contribution is 2.26. The van der Waals surface area contributed by atoms with Crippen LogP contribution in [0.4, 0.5) is 21.0 Å². The molecule has 0 fully saturated rings. The molecule has 0 spiro atoms. The first-order chi connectivity index (χ1) is 14.2. The van der Waals surface area contributed by atoms with E-state index in [9.17, 15) is 9.59 Å². The van der Waals surface area contributed by atoms with Gasteiger partial charge in [0.2, 0.25) is 0 Å². The third kappa shape index (κ3) is 7.38. The Morgan fingerprint density at radius 1 is 0.700 bits per heavy atom. The molecule has 0 aliphatic carbocycles. The number of anilines is 2. The van der Waals surface area contributed by atoms with Crippen LogP contribution < -0.4 is 10.6 Å². The zero-order valence-corrected chi connectivity index (χ0v) is 18.5. The van der Waals surface area contributed by atoms with Crippen LogP contribution in [-0.4, -0.2) is 23.6 Å². The lowest BCUT2D eigenvalue weighted by molar-refractivity contribution is 0.164. The molecule has 0 aromatic heterocycles. The van der Waals surface area contributed by atoms with Crippen LogP contribution in [0.3, 0.4) is 0 Å². The van der Waals surface area contributed by atoms with E-state index in [2.05, 4.69) is 20.9 Å². The molecule has 2 rings (SSSR count). The second-order valence-electron chi connectivity index (χ2n) is 5.62. The molecule has 12 heteroatoms. The van der Waals surface area contributed by atoms with Gasteiger partial charge in [-0.25, -0.2) is 9.59 Å². The van der Waals surface area contributed by atoms with Gasteiger partial charge in [-0.1, -0.05) is 56.7 Å². The topological polar surface area (TPSA) is 101 Å². The van der Waals surface area contributed by atoms with E-state index in [1.165, 1.54) is 38.1 Å². The Hall–Kier alpha value is -2.52. The number of amides is 2. The van der Waals surface area contributed by atoms with Gasteiger partial charge in [-0.05, 0) is 50.2 Å². The molecule has 0 heterocycles. The number of rotatable bonds is 5. The summed E-state index contributed by atoms with van der Waals surface area (Å²) in [6.45, 7) is 3.01. The molecule has 0 bridgehead atoms. The number of carbonyl (C=O) groups is 2. The van der Waals surface area contributed by atoms with Gasteiger partial charge >= 0.3 is 12.2 Å². The van der Waals surface area contributed by atoms with E-state index in [1.54, 1.807) is 12.1 Å². The highest BCUT2D eigenvalue weighted by atomic mass is 35.5. The molecule has 2 N–H and O–H groups in total. The van der Waals surface area contributed by atoms with Crippen LogP contribution in [0.25, 0.3) is 0 Å². The van der Waals surface area contributed by atoms with Crippen LogP contribution in [0.15, 0.2) is 46.7 Å². The first-order valence-electron chi connectivity index (χ1n) is 8.11. The molecule has 2 amide bonds. The van der Waals surface area contributed by atoms with E-state index in [0.717, 1.165) is 0 Å². The number of benzene rings is 2. The average molecular weight is 492 g/mol. The van der Waals surface area contributed by atoms with Crippen molar-refractivity contribution in [2.75, 3.05) is 10.6 Å². The van der Waals surface area contributed by atoms with E-state index in [4.69, 9.17) is 56.1 Å². The first kappa shape index (κ1) is 23.8. The van der Waals surface area contributed by atoms with Gasteiger partial charge in [-0.2, -0.15) is 0 Å². The summed E-state index contributed by atoms with van der Waals surface area (Å²) in [4.78, 5) is 33.0. The number of nitrogens with one attached hydrogen (secondary N) is 2. The molecule has 0 unspecified atom stereocenters. The lowest BCUT2D eigenvalue weighted by Gasteiger charge is -2.05. The van der Waals surface area contributed by atoms with Crippen LogP contribution in [-0.2, 0) is 9.68 Å². The van der Waals surface area contributed by atoms with Gasteiger partial charge < -0.3 is 0 Å². The van der Waals surface area contributed by atoms with Crippen molar-refractivity contribution in [1.29, 1.82) is 0 Å². The van der Waals surface area contributed by atoms with Crippen molar-refractivity contribution < 1.29 is 19.3 Å². The van der Waals surface area contributed by atoms with Crippen molar-refractivity contribution >= 4 is 81.4 Å². The summed E-state index contributed by atoms with van der Waals surface area (Å²) in [5.41, 5.74) is 1.13. The third-order valence-corrected chi connectivity index (χ3v) is 4.86. The number of hydrogen-bond acceptors (Lipinski definition) is 6. The van der Waals surface area contributed by atoms with Crippen molar-refractivity contribution in [3.63, 3.8) is 0 Å². The number of hydrogen-bond donors (Lipinski definition) is 2. The van der Waals surface area contributed by atoms with Crippen molar-refractivity contribution in [3.8, 4) is 0 Å². The van der Waals surface area contributed by atoms with Crippen LogP contribution in [0, 0.1) is 0 Å². The highest BCUT2D eigenvalue weighted by molar-refractivity contribution is 6.42. The normalized spacial score (nSPS) is 11.7. The Labute approximate surface area is 191 Å². The molecule has 2 aromatic carbocycles. The monoisotopic (exact) mass is 490 g/mol. The maximum Gasteiger partial charge on any atom is 0.437 e. The number of carbonyl (C=O) groups excluding carboxylic acids is 2. The Morgan fingerprint density at radius 3 is 1.40 bits per heavy atom. The fraction of sp³-hybridized carbons (Fsp3) is 0.111. The summed E-state index contributed by atoms with van der Waals surface area (Å²) in [7, 11) is 0. The quantitative estimate of drug-likeness (QED) is 0.271. The zero-order chi connectivity index (χ0) is 22.3. The summed E-state index contributed by atoms with van der Waals surface area (Å²) in [6, 6.07) is 9.03. The van der Waals surface area contributed by atoms with Crippen molar-refractivity contribution in [3.05, 3.63) is 56.5 Å². The fourth-order valence-electron chi connectivity index (χ4n) is 1.78. The van der Waals surface area contributed by atoms with Gasteiger partial charge in [0.05, 0.1) is 20.1 Å². The molecule has 30 heavy (non-hydrogen) atoms. The maximum absolute atomic E-state index is 11.8. The van der Waals surface area contributed by atoms with Gasteiger partial charge in [0, 0.05) is 11.4 Å². The second kappa shape index (κ2) is 11.0. The lowest BCUT2D eigenvalue weighted by atomic mass is 10.3. The summed E-state index contributed by atoms with van der Waals surface area (Å²) < 4.78 is 0. The van der Waals surface area contributed by atoms with E-state index >= 15 is 0 Å². The molecular formula is C18H14Cl4N4O4. The predicted octanol–water partition coefficient (Wildman–Crippen LogP) is 6.85. The second-order valence-corrected chi connectivity index (χ2v) is 7.25. The number of oxime groups is 2. The summed E-state index contributed by atoms with van der Waals surface area (Å²) >= 11 is 23.3. The summed E-state index contributed by atoms with van der Waals surface area (Å²) in [5, 5.41) is 13.3. The minimum Gasteiger partial charge on any atom is -0.297 e. The van der Waals surface area contributed by atoms with Crippen LogP contribution in [0.1, 0.15) is 13.8 Å². The number of nitrogens with zero attached hydrogens (tertiary/aromatic N) is 2. The molecule has 0 radical (unpaired) electrons. The molecular weight excluding hydrogens is 478 g/mol. The highest BCUT2D eigenvalue weighted by Gasteiger charge is 2.09. The standard InChI is InChI=1S/C18H14Cl4N4O4/c1-9(25-29-17(27)23-11-3-5-13(19)15(21)7-11)10(2)26-30-18(28)24-12-4-6-14(20)16(22)8-12/h3-8H,1-2H3,(H,23,27)(H,24,28)/b25-9+,26-10+. The molecule has 0 atom stereocenters.